The molecule has 0 aliphatic heterocycles. The number of esters is 2. The van der Waals surface area contributed by atoms with Crippen molar-refractivity contribution in [3.8, 4) is 0 Å². The quantitative estimate of drug-likeness (QED) is 0.0281. The van der Waals surface area contributed by atoms with Gasteiger partial charge in [0.05, 0.1) is 34.4 Å². The topological polar surface area (TPSA) is 99.1 Å². The Morgan fingerprint density at radius 2 is 0.791 bits per heavy atom. The van der Waals surface area contributed by atoms with E-state index in [-0.39, 0.29) is 36.2 Å². The molecule has 0 aromatic heterocycles. The highest BCUT2D eigenvalue weighted by atomic mass is 16.6. The van der Waals surface area contributed by atoms with Crippen LogP contribution < -0.4 is 0 Å². The minimum atomic E-state index is -0.883. The molecule has 8 heteroatoms. The third kappa shape index (κ3) is 46.9. The Morgan fingerprint density at radius 3 is 1.16 bits per heavy atom. The Bertz CT molecular complexity index is 1460. The molecule has 0 aromatic rings. The van der Waals surface area contributed by atoms with Crippen LogP contribution in [0.2, 0.25) is 0 Å². The summed E-state index contributed by atoms with van der Waals surface area (Å²) >= 11 is 0. The van der Waals surface area contributed by atoms with Gasteiger partial charge in [0.1, 0.15) is 6.61 Å². The maximum atomic E-state index is 12.8. The van der Waals surface area contributed by atoms with Gasteiger partial charge in [-0.3, -0.25) is 9.59 Å². The highest BCUT2D eigenvalue weighted by Crippen LogP contribution is 2.14. The van der Waals surface area contributed by atoms with E-state index in [0.29, 0.717) is 19.3 Å². The van der Waals surface area contributed by atoms with E-state index in [4.69, 9.17) is 14.2 Å². The van der Waals surface area contributed by atoms with Gasteiger partial charge in [-0.05, 0) is 96.3 Å². The van der Waals surface area contributed by atoms with Crippen LogP contribution in [0.25, 0.3) is 0 Å². The standard InChI is InChI=1S/C59H97NO7/c1-6-8-10-12-14-16-18-20-22-24-26-28-29-30-32-34-36-38-40-42-44-46-48-50-58(62)67-55(53-65-52-51-56(59(63)64)60(3,4)5)54-66-57(61)49-47-45-43-41-39-37-35-33-31-27-25-23-21-19-17-15-13-11-9-7-2/h8-11,14-17,20-23,26-28,31,35,37,55-56H,6-7,12-13,18-19,24-25,29-30,32-34,36,38-54H2,1-5H3/p+1/b10-8+,11-9+,16-14+,17-15+,22-20+,23-21+,28-26+,31-27+,37-35+. The summed E-state index contributed by atoms with van der Waals surface area (Å²) in [5, 5.41) is 9.67. The molecular weight excluding hydrogens is 835 g/mol. The summed E-state index contributed by atoms with van der Waals surface area (Å²) < 4.78 is 17.3. The Balaban J connectivity index is 4.30. The Hall–Kier alpha value is -4.01. The van der Waals surface area contributed by atoms with Crippen molar-refractivity contribution in [2.45, 2.75) is 206 Å². The minimum Gasteiger partial charge on any atom is -0.477 e. The number of carbonyl (C=O) groups excluding carboxylic acids is 2. The van der Waals surface area contributed by atoms with Gasteiger partial charge in [-0.1, -0.05) is 187 Å². The van der Waals surface area contributed by atoms with Crippen LogP contribution >= 0.6 is 0 Å². The summed E-state index contributed by atoms with van der Waals surface area (Å²) in [5.74, 6) is -1.51. The van der Waals surface area contributed by atoms with Crippen LogP contribution in [0.1, 0.15) is 194 Å². The van der Waals surface area contributed by atoms with Crippen LogP contribution in [0.15, 0.2) is 109 Å². The predicted octanol–water partition coefficient (Wildman–Crippen LogP) is 15.6. The zero-order valence-corrected chi connectivity index (χ0v) is 43.3. The van der Waals surface area contributed by atoms with Gasteiger partial charge >= 0.3 is 17.9 Å². The Labute approximate surface area is 410 Å². The van der Waals surface area contributed by atoms with Gasteiger partial charge in [0, 0.05) is 19.3 Å². The van der Waals surface area contributed by atoms with E-state index in [9.17, 15) is 19.5 Å². The van der Waals surface area contributed by atoms with Crippen LogP contribution in [-0.2, 0) is 28.6 Å². The van der Waals surface area contributed by atoms with E-state index >= 15 is 0 Å². The number of ether oxygens (including phenoxy) is 3. The molecule has 0 spiro atoms. The molecular formula is C59H98NO7+. The van der Waals surface area contributed by atoms with Gasteiger partial charge in [0.2, 0.25) is 0 Å². The maximum absolute atomic E-state index is 12.8. The molecule has 0 saturated heterocycles. The molecule has 0 rings (SSSR count). The maximum Gasteiger partial charge on any atom is 0.362 e. The van der Waals surface area contributed by atoms with Gasteiger partial charge in [0.25, 0.3) is 0 Å². The van der Waals surface area contributed by atoms with Crippen LogP contribution in [0, 0.1) is 0 Å². The molecule has 0 saturated carbocycles. The lowest BCUT2D eigenvalue weighted by atomic mass is 10.0. The lowest BCUT2D eigenvalue weighted by Gasteiger charge is -2.31. The molecule has 0 radical (unpaired) electrons. The first-order chi connectivity index (χ1) is 32.6. The fourth-order valence-corrected chi connectivity index (χ4v) is 7.17. The number of rotatable bonds is 46. The number of carboxylic acids is 1. The second-order valence-electron chi connectivity index (χ2n) is 18.4. The van der Waals surface area contributed by atoms with Crippen molar-refractivity contribution in [3.05, 3.63) is 109 Å². The van der Waals surface area contributed by atoms with Crippen LogP contribution in [0.5, 0.6) is 0 Å². The minimum absolute atomic E-state index is 0.0444. The summed E-state index contributed by atoms with van der Waals surface area (Å²) in [7, 11) is 5.52. The first-order valence-electron chi connectivity index (χ1n) is 26.4. The van der Waals surface area contributed by atoms with Crippen molar-refractivity contribution >= 4 is 17.9 Å². The molecule has 1 N–H and O–H groups in total. The number of hydrogen-bond donors (Lipinski definition) is 1. The molecule has 67 heavy (non-hydrogen) atoms. The third-order valence-electron chi connectivity index (χ3n) is 11.2. The number of unbranched alkanes of at least 4 members (excludes halogenated alkanes) is 14. The lowest BCUT2D eigenvalue weighted by molar-refractivity contribution is -0.887. The van der Waals surface area contributed by atoms with Crippen LogP contribution in [0.3, 0.4) is 0 Å². The molecule has 0 aliphatic rings. The van der Waals surface area contributed by atoms with Crippen molar-refractivity contribution in [2.75, 3.05) is 41.0 Å². The number of nitrogens with zero attached hydrogens (tertiary/aromatic N) is 1. The third-order valence-corrected chi connectivity index (χ3v) is 11.2. The van der Waals surface area contributed by atoms with Gasteiger partial charge in [-0.2, -0.15) is 0 Å². The summed E-state index contributed by atoms with van der Waals surface area (Å²) in [6.45, 7) is 4.48. The SMILES string of the molecule is CC/C=C/C/C=C/C/C=C/C/C=C/C/C=C/CCCCCCC(=O)OCC(COCCC(C(=O)O)[N+](C)(C)C)OC(=O)CCCCCCCCCCCC/C=C/C/C=C/C/C=C/C/C=C/CC. The summed E-state index contributed by atoms with van der Waals surface area (Å²) in [6, 6.07) is -0.627. The molecule has 0 amide bonds. The van der Waals surface area contributed by atoms with Gasteiger partial charge in [-0.25, -0.2) is 4.79 Å². The molecule has 2 atom stereocenters. The molecule has 0 heterocycles. The van der Waals surface area contributed by atoms with Crippen molar-refractivity contribution in [3.63, 3.8) is 0 Å². The number of carbonyl (C=O) groups is 3. The number of quaternary nitrogens is 1. The summed E-state index contributed by atoms with van der Waals surface area (Å²) in [6.07, 6.45) is 67.1. The average Bonchev–Trinajstić information content (AvgIpc) is 3.29. The fourth-order valence-electron chi connectivity index (χ4n) is 7.17. The van der Waals surface area contributed by atoms with Crippen LogP contribution in [-0.4, -0.2) is 80.6 Å². The number of aliphatic carboxylic acids is 1. The molecule has 0 aromatic carbocycles. The summed E-state index contributed by atoms with van der Waals surface area (Å²) in [4.78, 5) is 37.2. The van der Waals surface area contributed by atoms with Crippen molar-refractivity contribution < 1.29 is 38.2 Å². The zero-order chi connectivity index (χ0) is 49.2. The lowest BCUT2D eigenvalue weighted by Crippen LogP contribution is -2.50. The normalized spacial score (nSPS) is 13.7. The molecule has 0 fully saturated rings. The molecule has 2 unspecified atom stereocenters. The van der Waals surface area contributed by atoms with E-state index in [0.717, 1.165) is 116 Å². The van der Waals surface area contributed by atoms with Crippen LogP contribution in [0.4, 0.5) is 0 Å². The molecule has 8 nitrogen and oxygen atoms in total. The largest absolute Gasteiger partial charge is 0.477 e. The van der Waals surface area contributed by atoms with Crippen molar-refractivity contribution in [1.29, 1.82) is 0 Å². The molecule has 0 aliphatic carbocycles. The van der Waals surface area contributed by atoms with E-state index in [2.05, 4.69) is 123 Å². The van der Waals surface area contributed by atoms with Gasteiger partial charge in [0.15, 0.2) is 12.1 Å². The Morgan fingerprint density at radius 1 is 0.448 bits per heavy atom. The van der Waals surface area contributed by atoms with Crippen molar-refractivity contribution in [2.24, 2.45) is 0 Å². The number of hydrogen-bond acceptors (Lipinski definition) is 6. The smallest absolute Gasteiger partial charge is 0.362 e. The second-order valence-corrected chi connectivity index (χ2v) is 18.4. The number of carboxylic acid groups (broad SMARTS) is 1. The number of allylic oxidation sites excluding steroid dienone is 18. The van der Waals surface area contributed by atoms with E-state index in [1.807, 2.05) is 21.1 Å². The highest BCUT2D eigenvalue weighted by molar-refractivity contribution is 5.72. The van der Waals surface area contributed by atoms with E-state index in [1.165, 1.54) is 44.9 Å². The Kier molecular flexibility index (Phi) is 45.5. The monoisotopic (exact) mass is 933 g/mol. The average molecular weight is 933 g/mol. The molecule has 0 bridgehead atoms. The first-order valence-corrected chi connectivity index (χ1v) is 26.4. The molecule has 380 valence electrons. The van der Waals surface area contributed by atoms with E-state index in [1.54, 1.807) is 0 Å². The number of likely N-dealkylation sites (N-methyl/N-ethyl adjacent to an activating group) is 1. The predicted molar refractivity (Wildman–Crippen MR) is 284 cm³/mol. The van der Waals surface area contributed by atoms with Gasteiger partial charge < -0.3 is 23.8 Å². The first kappa shape index (κ1) is 63.0. The second kappa shape index (κ2) is 48.4. The highest BCUT2D eigenvalue weighted by Gasteiger charge is 2.31. The van der Waals surface area contributed by atoms with Gasteiger partial charge in [-0.15, -0.1) is 0 Å². The zero-order valence-electron chi connectivity index (χ0n) is 43.3. The fraction of sp³-hybridized carbons (Fsp3) is 0.644. The van der Waals surface area contributed by atoms with E-state index < -0.39 is 18.1 Å². The summed E-state index contributed by atoms with van der Waals surface area (Å²) in [5.41, 5.74) is 0. The van der Waals surface area contributed by atoms with Crippen molar-refractivity contribution in [1.82, 2.24) is 0 Å².